The molecule has 0 radical (unpaired) electrons. The predicted octanol–water partition coefficient (Wildman–Crippen LogP) is 4.43. The quantitative estimate of drug-likeness (QED) is 0.608. The smallest absolute Gasteiger partial charge is 0.280 e. The van der Waals surface area contributed by atoms with Crippen LogP contribution in [0.5, 0.6) is 0 Å². The van der Waals surface area contributed by atoms with Crippen LogP contribution in [0.15, 0.2) is 24.5 Å². The van der Waals surface area contributed by atoms with Gasteiger partial charge in [0.15, 0.2) is 0 Å². The van der Waals surface area contributed by atoms with Crippen LogP contribution in [0.3, 0.4) is 0 Å². The summed E-state index contributed by atoms with van der Waals surface area (Å²) < 4.78 is 42.0. The zero-order valence-electron chi connectivity index (χ0n) is 16.3. The van der Waals surface area contributed by atoms with E-state index < -0.39 is 12.2 Å². The molecule has 2 aromatic heterocycles. The number of carbonyl (C=O) groups is 1. The van der Waals surface area contributed by atoms with Crippen LogP contribution in [-0.2, 0) is 0 Å². The molecule has 0 bridgehead atoms. The lowest BCUT2D eigenvalue weighted by molar-refractivity contribution is 0.0665. The minimum atomic E-state index is -2.74. The van der Waals surface area contributed by atoms with Crippen molar-refractivity contribution in [2.24, 2.45) is 5.92 Å². The Balaban J connectivity index is 1.69. The number of likely N-dealkylation sites (tertiary alicyclic amines) is 1. The first kappa shape index (κ1) is 20.6. The van der Waals surface area contributed by atoms with E-state index in [9.17, 15) is 18.0 Å². The highest BCUT2D eigenvalue weighted by Gasteiger charge is 2.33. The Hall–Kier alpha value is -2.68. The number of carbonyl (C=O) groups excluding carboxylic acids is 1. The van der Waals surface area contributed by atoms with Gasteiger partial charge in [-0.05, 0) is 43.0 Å². The van der Waals surface area contributed by atoms with Crippen molar-refractivity contribution in [2.45, 2.75) is 32.6 Å². The molecule has 10 heteroatoms. The predicted molar refractivity (Wildman–Crippen MR) is 104 cm³/mol. The summed E-state index contributed by atoms with van der Waals surface area (Å²) in [7, 11) is 0. The standard InChI is InChI=1S/C20H19ClF3N5O/c1-10-3-4-28(19(30)12-5-11(2)17(22)14(21)6-12)8-13(10)16-7-15(18(23)24)27-20-25-9-26-29(16)20/h5-7,9-10,13,18H,3-4,8H2,1-2H3/t10-,13-/m1/s1. The van der Waals surface area contributed by atoms with E-state index in [2.05, 4.69) is 15.1 Å². The third kappa shape index (κ3) is 3.62. The van der Waals surface area contributed by atoms with Crippen molar-refractivity contribution in [1.82, 2.24) is 24.5 Å². The van der Waals surface area contributed by atoms with E-state index in [0.717, 1.165) is 0 Å². The van der Waals surface area contributed by atoms with Gasteiger partial charge in [-0.15, -0.1) is 0 Å². The Kier molecular flexibility index (Phi) is 5.40. The third-order valence-electron chi connectivity index (χ3n) is 5.61. The lowest BCUT2D eigenvalue weighted by Gasteiger charge is -2.37. The SMILES string of the molecule is Cc1cc(C(=O)N2CC[C@@H](C)[C@H](c3cc(C(F)F)nc4ncnn34)C2)cc(Cl)c1F. The molecule has 1 saturated heterocycles. The summed E-state index contributed by atoms with van der Waals surface area (Å²) in [4.78, 5) is 22.5. The van der Waals surface area contributed by atoms with Gasteiger partial charge in [0.25, 0.3) is 18.1 Å². The number of aromatic nitrogens is 4. The number of fused-ring (bicyclic) bond motifs is 1. The van der Waals surface area contributed by atoms with Crippen molar-refractivity contribution in [1.29, 1.82) is 0 Å². The number of piperidine rings is 1. The Morgan fingerprint density at radius 2 is 2.07 bits per heavy atom. The highest BCUT2D eigenvalue weighted by Crippen LogP contribution is 2.34. The van der Waals surface area contributed by atoms with Crippen molar-refractivity contribution < 1.29 is 18.0 Å². The number of alkyl halides is 2. The summed E-state index contributed by atoms with van der Waals surface area (Å²) in [5.74, 6) is -0.866. The van der Waals surface area contributed by atoms with Gasteiger partial charge >= 0.3 is 0 Å². The van der Waals surface area contributed by atoms with Gasteiger partial charge in [-0.2, -0.15) is 10.1 Å². The second-order valence-corrected chi connectivity index (χ2v) is 8.00. The Morgan fingerprint density at radius 3 is 2.77 bits per heavy atom. The molecule has 1 fully saturated rings. The molecule has 158 valence electrons. The molecule has 0 saturated carbocycles. The fourth-order valence-corrected chi connectivity index (χ4v) is 4.17. The van der Waals surface area contributed by atoms with E-state index in [4.69, 9.17) is 11.6 Å². The number of nitrogens with zero attached hydrogens (tertiary/aromatic N) is 5. The average molecular weight is 438 g/mol. The van der Waals surface area contributed by atoms with E-state index in [1.807, 2.05) is 6.92 Å². The summed E-state index contributed by atoms with van der Waals surface area (Å²) in [6, 6.07) is 4.12. The van der Waals surface area contributed by atoms with E-state index in [-0.39, 0.29) is 39.8 Å². The van der Waals surface area contributed by atoms with Crippen LogP contribution < -0.4 is 0 Å². The summed E-state index contributed by atoms with van der Waals surface area (Å²) in [6.45, 7) is 4.35. The molecule has 1 aromatic carbocycles. The van der Waals surface area contributed by atoms with Gasteiger partial charge in [0.05, 0.1) is 10.7 Å². The molecule has 1 amide bonds. The van der Waals surface area contributed by atoms with Crippen molar-refractivity contribution in [3.05, 3.63) is 57.9 Å². The molecule has 1 aliphatic rings. The first-order valence-corrected chi connectivity index (χ1v) is 9.87. The van der Waals surface area contributed by atoms with Crippen molar-refractivity contribution in [3.63, 3.8) is 0 Å². The molecular formula is C20H19ClF3N5O. The average Bonchev–Trinajstić information content (AvgIpc) is 3.19. The van der Waals surface area contributed by atoms with Crippen molar-refractivity contribution in [3.8, 4) is 0 Å². The molecule has 30 heavy (non-hydrogen) atoms. The van der Waals surface area contributed by atoms with Crippen LogP contribution >= 0.6 is 11.6 Å². The van der Waals surface area contributed by atoms with Gasteiger partial charge in [-0.1, -0.05) is 18.5 Å². The monoisotopic (exact) mass is 437 g/mol. The highest BCUT2D eigenvalue weighted by molar-refractivity contribution is 6.31. The number of amides is 1. The van der Waals surface area contributed by atoms with Crippen LogP contribution in [0, 0.1) is 18.7 Å². The Labute approximate surface area is 175 Å². The zero-order valence-corrected chi connectivity index (χ0v) is 17.1. The molecule has 3 aromatic rings. The largest absolute Gasteiger partial charge is 0.338 e. The number of benzene rings is 1. The van der Waals surface area contributed by atoms with Gasteiger partial charge in [0, 0.05) is 24.6 Å². The normalized spacial score (nSPS) is 19.6. The molecule has 1 aliphatic heterocycles. The number of hydrogen-bond donors (Lipinski definition) is 0. The molecule has 2 atom stereocenters. The van der Waals surface area contributed by atoms with E-state index in [0.29, 0.717) is 30.8 Å². The van der Waals surface area contributed by atoms with Gasteiger partial charge in [-0.25, -0.2) is 22.7 Å². The van der Waals surface area contributed by atoms with Crippen LogP contribution in [0.1, 0.15) is 53.0 Å². The van der Waals surface area contributed by atoms with Crippen molar-refractivity contribution in [2.75, 3.05) is 13.1 Å². The van der Waals surface area contributed by atoms with Gasteiger partial charge in [0.1, 0.15) is 17.8 Å². The molecule has 0 N–H and O–H groups in total. The lowest BCUT2D eigenvalue weighted by Crippen LogP contribution is -2.42. The molecule has 4 rings (SSSR count). The maximum Gasteiger partial charge on any atom is 0.280 e. The summed E-state index contributed by atoms with van der Waals surface area (Å²) in [5, 5.41) is 4.01. The van der Waals surface area contributed by atoms with E-state index >= 15 is 0 Å². The molecule has 3 heterocycles. The van der Waals surface area contributed by atoms with Gasteiger partial charge in [0.2, 0.25) is 0 Å². The van der Waals surface area contributed by atoms with E-state index in [1.54, 1.807) is 11.8 Å². The Morgan fingerprint density at radius 1 is 1.30 bits per heavy atom. The van der Waals surface area contributed by atoms with Gasteiger partial charge in [-0.3, -0.25) is 4.79 Å². The topological polar surface area (TPSA) is 63.4 Å². The molecule has 0 aliphatic carbocycles. The second-order valence-electron chi connectivity index (χ2n) is 7.59. The summed E-state index contributed by atoms with van der Waals surface area (Å²) in [5.41, 5.74) is 0.738. The number of halogens is 4. The number of rotatable bonds is 3. The molecule has 0 spiro atoms. The minimum Gasteiger partial charge on any atom is -0.338 e. The third-order valence-corrected chi connectivity index (χ3v) is 5.88. The van der Waals surface area contributed by atoms with Crippen molar-refractivity contribution >= 4 is 23.3 Å². The van der Waals surface area contributed by atoms with Gasteiger partial charge < -0.3 is 4.90 Å². The fraction of sp³-hybridized carbons (Fsp3) is 0.400. The molecule has 0 unspecified atom stereocenters. The maximum absolute atomic E-state index is 13.8. The van der Waals surface area contributed by atoms with Crippen LogP contribution in [-0.4, -0.2) is 43.5 Å². The summed E-state index contributed by atoms with van der Waals surface area (Å²) >= 11 is 5.91. The maximum atomic E-state index is 13.8. The second kappa shape index (κ2) is 7.86. The minimum absolute atomic E-state index is 0.0967. The fourth-order valence-electron chi connectivity index (χ4n) is 3.90. The first-order valence-electron chi connectivity index (χ1n) is 9.50. The summed E-state index contributed by atoms with van der Waals surface area (Å²) in [6.07, 6.45) is -0.806. The first-order chi connectivity index (χ1) is 14.3. The Bertz CT molecular complexity index is 1100. The number of aryl methyl sites for hydroxylation is 1. The van der Waals surface area contributed by atoms with Crippen LogP contribution in [0.2, 0.25) is 5.02 Å². The van der Waals surface area contributed by atoms with Crippen LogP contribution in [0.25, 0.3) is 5.78 Å². The lowest BCUT2D eigenvalue weighted by atomic mass is 9.84. The van der Waals surface area contributed by atoms with E-state index in [1.165, 1.54) is 29.0 Å². The molecular weight excluding hydrogens is 419 g/mol. The highest BCUT2D eigenvalue weighted by atomic mass is 35.5. The zero-order chi connectivity index (χ0) is 21.6. The van der Waals surface area contributed by atoms with Crippen LogP contribution in [0.4, 0.5) is 13.2 Å². The molecule has 6 nitrogen and oxygen atoms in total. The number of hydrogen-bond acceptors (Lipinski definition) is 4.